The lowest BCUT2D eigenvalue weighted by atomic mass is 10.2. The quantitative estimate of drug-likeness (QED) is 0.386. The maximum absolute atomic E-state index is 11.0. The van der Waals surface area contributed by atoms with Gasteiger partial charge in [0.05, 0.1) is 6.61 Å². The Bertz CT molecular complexity index is 182. The van der Waals surface area contributed by atoms with Crippen molar-refractivity contribution in [2.24, 2.45) is 0 Å². The van der Waals surface area contributed by atoms with Gasteiger partial charge in [0.25, 0.3) is 0 Å². The molecule has 5 heteroatoms. The number of carbonyl (C=O) groups excluding carboxylic acids is 1. The molecule has 0 aromatic carbocycles. The molecule has 0 spiro atoms. The summed E-state index contributed by atoms with van der Waals surface area (Å²) in [5.74, 6) is 0.126. The molecule has 0 heterocycles. The summed E-state index contributed by atoms with van der Waals surface area (Å²) in [4.78, 5) is 11.0. The van der Waals surface area contributed by atoms with Gasteiger partial charge in [0, 0.05) is 12.2 Å². The lowest BCUT2D eigenvalue weighted by Gasteiger charge is -2.02. The summed E-state index contributed by atoms with van der Waals surface area (Å²) in [6.45, 7) is 2.43. The number of rotatable bonds is 8. The highest BCUT2D eigenvalue weighted by atomic mass is 32.2. The summed E-state index contributed by atoms with van der Waals surface area (Å²) in [7, 11) is 0. The second-order valence-corrected chi connectivity index (χ2v) is 4.11. The predicted molar refractivity (Wildman–Crippen MR) is 55.4 cm³/mol. The second-order valence-electron chi connectivity index (χ2n) is 3.06. The van der Waals surface area contributed by atoms with Crippen LogP contribution < -0.4 is 0 Å². The van der Waals surface area contributed by atoms with E-state index >= 15 is 0 Å². The van der Waals surface area contributed by atoms with Gasteiger partial charge in [-0.3, -0.25) is 4.79 Å². The van der Waals surface area contributed by atoms with E-state index in [2.05, 4.69) is 0 Å². The van der Waals surface area contributed by atoms with Crippen LogP contribution in [0.2, 0.25) is 0 Å². The first-order valence-corrected chi connectivity index (χ1v) is 6.17. The summed E-state index contributed by atoms with van der Waals surface area (Å²) in [5, 5.41) is 0. The van der Waals surface area contributed by atoms with E-state index in [-0.39, 0.29) is 5.97 Å². The number of hydrogen-bond donors (Lipinski definition) is 1. The average molecular weight is 222 g/mol. The highest BCUT2D eigenvalue weighted by Gasteiger charge is 2.01. The zero-order chi connectivity index (χ0) is 10.8. The molecule has 84 valence electrons. The van der Waals surface area contributed by atoms with E-state index in [1.807, 2.05) is 6.92 Å². The Kier molecular flexibility index (Phi) is 8.87. The van der Waals surface area contributed by atoms with E-state index < -0.39 is 11.1 Å². The minimum Gasteiger partial charge on any atom is -0.466 e. The van der Waals surface area contributed by atoms with Crippen LogP contribution in [0.25, 0.3) is 0 Å². The van der Waals surface area contributed by atoms with E-state index in [1.165, 1.54) is 0 Å². The van der Waals surface area contributed by atoms with Gasteiger partial charge in [0.2, 0.25) is 0 Å². The van der Waals surface area contributed by atoms with Crippen LogP contribution >= 0.6 is 0 Å². The Hall–Kier alpha value is -0.420. The lowest BCUT2D eigenvalue weighted by molar-refractivity contribution is -0.143. The van der Waals surface area contributed by atoms with E-state index in [4.69, 9.17) is 9.29 Å². The monoisotopic (exact) mass is 222 g/mol. The van der Waals surface area contributed by atoms with Gasteiger partial charge in [0.15, 0.2) is 11.1 Å². The first kappa shape index (κ1) is 13.6. The molecule has 1 unspecified atom stereocenters. The van der Waals surface area contributed by atoms with Crippen LogP contribution in [-0.2, 0) is 20.6 Å². The molecule has 0 aliphatic heterocycles. The highest BCUT2D eigenvalue weighted by Crippen LogP contribution is 2.02. The van der Waals surface area contributed by atoms with E-state index in [1.54, 1.807) is 0 Å². The summed E-state index contributed by atoms with van der Waals surface area (Å²) in [5.41, 5.74) is 0. The van der Waals surface area contributed by atoms with Crippen LogP contribution in [0.1, 0.15) is 39.0 Å². The maximum atomic E-state index is 11.0. The van der Waals surface area contributed by atoms with Crippen LogP contribution in [0.5, 0.6) is 0 Å². The average Bonchev–Trinajstić information content (AvgIpc) is 2.13. The Morgan fingerprint density at radius 2 is 2.07 bits per heavy atom. The molecular weight excluding hydrogens is 204 g/mol. The van der Waals surface area contributed by atoms with Gasteiger partial charge in [-0.15, -0.1) is 0 Å². The van der Waals surface area contributed by atoms with Crippen LogP contribution in [0.15, 0.2) is 0 Å². The van der Waals surface area contributed by atoms with E-state index in [9.17, 15) is 9.00 Å². The molecule has 0 rings (SSSR count). The Labute approximate surface area is 87.3 Å². The van der Waals surface area contributed by atoms with Crippen molar-refractivity contribution >= 4 is 17.0 Å². The second kappa shape index (κ2) is 9.15. The molecule has 4 nitrogen and oxygen atoms in total. The number of ether oxygens (including phenoxy) is 1. The van der Waals surface area contributed by atoms with Crippen molar-refractivity contribution in [2.75, 3.05) is 12.4 Å². The largest absolute Gasteiger partial charge is 0.466 e. The van der Waals surface area contributed by atoms with Crippen LogP contribution in [0, 0.1) is 0 Å². The Morgan fingerprint density at radius 1 is 1.36 bits per heavy atom. The van der Waals surface area contributed by atoms with Crippen molar-refractivity contribution in [3.63, 3.8) is 0 Å². The molecule has 0 aromatic heterocycles. The zero-order valence-electron chi connectivity index (χ0n) is 8.53. The third kappa shape index (κ3) is 9.67. The van der Waals surface area contributed by atoms with Crippen molar-refractivity contribution in [2.45, 2.75) is 39.0 Å². The SMILES string of the molecule is CCCOC(=O)CCCCCS(=O)O. The summed E-state index contributed by atoms with van der Waals surface area (Å²) >= 11 is -1.70. The van der Waals surface area contributed by atoms with Crippen molar-refractivity contribution in [3.8, 4) is 0 Å². The highest BCUT2D eigenvalue weighted by molar-refractivity contribution is 7.79. The van der Waals surface area contributed by atoms with E-state index in [0.29, 0.717) is 25.2 Å². The third-order valence-corrected chi connectivity index (χ3v) is 2.30. The van der Waals surface area contributed by atoms with Crippen molar-refractivity contribution in [1.82, 2.24) is 0 Å². The molecule has 1 N–H and O–H groups in total. The normalized spacial score (nSPS) is 12.4. The minimum atomic E-state index is -1.70. The predicted octanol–water partition coefficient (Wildman–Crippen LogP) is 1.72. The molecule has 14 heavy (non-hydrogen) atoms. The van der Waals surface area contributed by atoms with Gasteiger partial charge in [-0.1, -0.05) is 13.3 Å². The fraction of sp³-hybridized carbons (Fsp3) is 0.889. The van der Waals surface area contributed by atoms with Crippen molar-refractivity contribution in [1.29, 1.82) is 0 Å². The molecule has 1 atom stereocenters. The summed E-state index contributed by atoms with van der Waals surface area (Å²) in [6.07, 6.45) is 3.48. The minimum absolute atomic E-state index is 0.169. The van der Waals surface area contributed by atoms with Gasteiger partial charge < -0.3 is 9.29 Å². The molecule has 0 aliphatic carbocycles. The molecule has 0 fully saturated rings. The van der Waals surface area contributed by atoms with Gasteiger partial charge in [-0.05, 0) is 19.3 Å². The summed E-state index contributed by atoms with van der Waals surface area (Å²) < 4.78 is 23.6. The van der Waals surface area contributed by atoms with Crippen LogP contribution in [-0.4, -0.2) is 27.1 Å². The standard InChI is InChI=1S/C9H18O4S/c1-2-7-13-9(10)6-4-3-5-8-14(11)12/h2-8H2,1H3,(H,11,12). The molecule has 0 aromatic rings. The maximum Gasteiger partial charge on any atom is 0.305 e. The van der Waals surface area contributed by atoms with Crippen LogP contribution in [0.4, 0.5) is 0 Å². The number of hydrogen-bond acceptors (Lipinski definition) is 3. The van der Waals surface area contributed by atoms with Gasteiger partial charge >= 0.3 is 5.97 Å². The van der Waals surface area contributed by atoms with Crippen molar-refractivity contribution in [3.05, 3.63) is 0 Å². The molecule has 0 bridgehead atoms. The Morgan fingerprint density at radius 3 is 2.64 bits per heavy atom. The van der Waals surface area contributed by atoms with Gasteiger partial charge in [-0.2, -0.15) is 0 Å². The first-order valence-electron chi connectivity index (χ1n) is 4.90. The van der Waals surface area contributed by atoms with Crippen LogP contribution in [0.3, 0.4) is 0 Å². The first-order chi connectivity index (χ1) is 6.66. The molecule has 0 radical (unpaired) electrons. The third-order valence-electron chi connectivity index (χ3n) is 1.67. The van der Waals surface area contributed by atoms with Crippen molar-refractivity contribution < 1.29 is 18.3 Å². The topological polar surface area (TPSA) is 63.6 Å². The molecule has 0 amide bonds. The Balaban J connectivity index is 3.19. The zero-order valence-corrected chi connectivity index (χ0v) is 9.35. The molecule has 0 saturated heterocycles. The number of unbranched alkanes of at least 4 members (excludes halogenated alkanes) is 2. The smallest absolute Gasteiger partial charge is 0.305 e. The number of esters is 1. The summed E-state index contributed by atoms with van der Waals surface area (Å²) in [6, 6.07) is 0. The van der Waals surface area contributed by atoms with E-state index in [0.717, 1.165) is 19.3 Å². The lowest BCUT2D eigenvalue weighted by Crippen LogP contribution is -2.05. The van der Waals surface area contributed by atoms with Gasteiger partial charge in [-0.25, -0.2) is 4.21 Å². The number of carbonyl (C=O) groups is 1. The fourth-order valence-corrected chi connectivity index (χ4v) is 1.41. The molecule has 0 saturated carbocycles. The van der Waals surface area contributed by atoms with Gasteiger partial charge in [0.1, 0.15) is 0 Å². The molecular formula is C9H18O4S. The molecule has 0 aliphatic rings. The fourth-order valence-electron chi connectivity index (χ4n) is 0.960.